The van der Waals surface area contributed by atoms with Crippen LogP contribution in [0, 0.1) is 0 Å². The van der Waals surface area contributed by atoms with Gasteiger partial charge in [-0.05, 0) is 49.1 Å². The number of carbonyl (C=O) groups excluding carboxylic acids is 1. The van der Waals surface area contributed by atoms with Crippen LogP contribution in [0.3, 0.4) is 0 Å². The number of benzene rings is 2. The lowest BCUT2D eigenvalue weighted by atomic mass is 10.1. The molecule has 0 spiro atoms. The number of para-hydroxylation sites is 2. The average Bonchev–Trinajstić information content (AvgIpc) is 3.33. The largest absolute Gasteiger partial charge is 0.431 e. The number of pyridine rings is 1. The van der Waals surface area contributed by atoms with Crippen molar-refractivity contribution in [2.75, 3.05) is 11.1 Å². The fourth-order valence-corrected chi connectivity index (χ4v) is 4.35. The van der Waals surface area contributed by atoms with E-state index in [1.807, 2.05) is 42.5 Å². The van der Waals surface area contributed by atoms with Crippen LogP contribution >= 0.6 is 11.8 Å². The third-order valence-electron chi connectivity index (χ3n) is 4.97. The van der Waals surface area contributed by atoms with E-state index in [-0.39, 0.29) is 17.2 Å². The molecule has 28 heavy (non-hydrogen) atoms. The summed E-state index contributed by atoms with van der Waals surface area (Å²) in [6, 6.07) is 13.2. The number of fused-ring (bicyclic) bond motifs is 4. The van der Waals surface area contributed by atoms with E-state index >= 15 is 0 Å². The number of aryl methyl sites for hydroxylation is 1. The molecule has 0 aliphatic heterocycles. The molecule has 2 heterocycles. The molecule has 5 rings (SSSR count). The summed E-state index contributed by atoms with van der Waals surface area (Å²) < 4.78 is 5.61. The monoisotopic (exact) mass is 391 g/mol. The summed E-state index contributed by atoms with van der Waals surface area (Å²) >= 11 is 1.25. The Balaban J connectivity index is 1.31. The number of thioether (sulfide) groups is 1. The second-order valence-electron chi connectivity index (χ2n) is 6.81. The molecule has 6 nitrogen and oxygen atoms in total. The molecule has 2 aromatic heterocycles. The zero-order valence-corrected chi connectivity index (χ0v) is 15.8. The molecule has 0 unspecified atom stereocenters. The van der Waals surface area contributed by atoms with E-state index < -0.39 is 0 Å². The van der Waals surface area contributed by atoms with E-state index in [2.05, 4.69) is 15.3 Å². The van der Waals surface area contributed by atoms with Crippen LogP contribution in [0.1, 0.15) is 17.5 Å². The van der Waals surface area contributed by atoms with Gasteiger partial charge in [0.2, 0.25) is 5.91 Å². The standard InChI is InChI=1S/C21H17N3O3S/c25-19(11-28-21-24-16-6-1-2-7-18(16)27-21)22-12-8-9-14-13-4-3-5-15(13)20(26)23-17(14)10-12/h1-2,6-10H,3-5,11H2,(H,22,25)(H,23,26). The highest BCUT2D eigenvalue weighted by Crippen LogP contribution is 2.28. The van der Waals surface area contributed by atoms with E-state index in [9.17, 15) is 9.59 Å². The lowest BCUT2D eigenvalue weighted by Gasteiger charge is -2.08. The Morgan fingerprint density at radius 1 is 1.18 bits per heavy atom. The smallest absolute Gasteiger partial charge is 0.257 e. The SMILES string of the molecule is O=C(CSc1nc2ccccc2o1)Nc1ccc2c3c(c(=O)[nH]c2c1)CCC3. The number of hydrogen-bond acceptors (Lipinski definition) is 5. The van der Waals surface area contributed by atoms with Crippen molar-refractivity contribution in [1.29, 1.82) is 0 Å². The van der Waals surface area contributed by atoms with E-state index in [0.29, 0.717) is 16.5 Å². The van der Waals surface area contributed by atoms with Gasteiger partial charge in [0.15, 0.2) is 5.58 Å². The number of carbonyl (C=O) groups is 1. The molecule has 1 aliphatic rings. The summed E-state index contributed by atoms with van der Waals surface area (Å²) in [6.07, 6.45) is 2.79. The van der Waals surface area contributed by atoms with Gasteiger partial charge in [-0.15, -0.1) is 0 Å². The highest BCUT2D eigenvalue weighted by atomic mass is 32.2. The van der Waals surface area contributed by atoms with Crippen LogP contribution in [0.4, 0.5) is 5.69 Å². The highest BCUT2D eigenvalue weighted by molar-refractivity contribution is 7.99. The second-order valence-corrected chi connectivity index (χ2v) is 7.74. The Kier molecular flexibility index (Phi) is 4.16. The maximum Gasteiger partial charge on any atom is 0.257 e. The van der Waals surface area contributed by atoms with Gasteiger partial charge in [0.25, 0.3) is 10.8 Å². The van der Waals surface area contributed by atoms with Crippen LogP contribution in [-0.4, -0.2) is 21.6 Å². The first kappa shape index (κ1) is 17.1. The number of anilines is 1. The number of H-pyrrole nitrogens is 1. The second kappa shape index (κ2) is 6.83. The zero-order valence-electron chi connectivity index (χ0n) is 15.0. The normalized spacial score (nSPS) is 13.1. The van der Waals surface area contributed by atoms with Gasteiger partial charge in [-0.1, -0.05) is 30.0 Å². The lowest BCUT2D eigenvalue weighted by molar-refractivity contribution is -0.113. The maximum absolute atomic E-state index is 12.3. The molecule has 0 bridgehead atoms. The topological polar surface area (TPSA) is 88.0 Å². The summed E-state index contributed by atoms with van der Waals surface area (Å²) in [5.41, 5.74) is 4.92. The minimum absolute atomic E-state index is 0.0185. The van der Waals surface area contributed by atoms with Gasteiger partial charge in [-0.2, -0.15) is 0 Å². The van der Waals surface area contributed by atoms with Crippen molar-refractivity contribution in [2.24, 2.45) is 0 Å². The lowest BCUT2D eigenvalue weighted by Crippen LogP contribution is -2.15. The van der Waals surface area contributed by atoms with E-state index in [1.165, 1.54) is 11.8 Å². The number of aromatic nitrogens is 2. The fraction of sp³-hybridized carbons (Fsp3) is 0.190. The molecular formula is C21H17N3O3S. The molecule has 0 atom stereocenters. The van der Waals surface area contributed by atoms with Crippen LogP contribution < -0.4 is 10.9 Å². The van der Waals surface area contributed by atoms with Gasteiger partial charge in [0, 0.05) is 16.6 Å². The van der Waals surface area contributed by atoms with Crippen LogP contribution in [0.2, 0.25) is 0 Å². The average molecular weight is 391 g/mol. The highest BCUT2D eigenvalue weighted by Gasteiger charge is 2.18. The number of nitrogens with zero attached hydrogens (tertiary/aromatic N) is 1. The Morgan fingerprint density at radius 3 is 2.93 bits per heavy atom. The van der Waals surface area contributed by atoms with Crippen LogP contribution in [0.25, 0.3) is 22.0 Å². The molecule has 0 saturated carbocycles. The summed E-state index contributed by atoms with van der Waals surface area (Å²) in [7, 11) is 0. The van der Waals surface area contributed by atoms with Gasteiger partial charge >= 0.3 is 0 Å². The molecule has 4 aromatic rings. The quantitative estimate of drug-likeness (QED) is 0.515. The zero-order chi connectivity index (χ0) is 19.1. The van der Waals surface area contributed by atoms with Gasteiger partial charge in [-0.3, -0.25) is 9.59 Å². The number of aromatic amines is 1. The first-order chi connectivity index (χ1) is 13.7. The number of hydrogen-bond donors (Lipinski definition) is 2. The molecule has 140 valence electrons. The van der Waals surface area contributed by atoms with Crippen molar-refractivity contribution < 1.29 is 9.21 Å². The third kappa shape index (κ3) is 3.07. The third-order valence-corrected chi connectivity index (χ3v) is 5.80. The molecule has 0 radical (unpaired) electrons. The predicted octanol–water partition coefficient (Wildman–Crippen LogP) is 3.89. The van der Waals surface area contributed by atoms with Gasteiger partial charge < -0.3 is 14.7 Å². The summed E-state index contributed by atoms with van der Waals surface area (Å²) in [4.78, 5) is 31.8. The Labute approximate surface area is 164 Å². The Morgan fingerprint density at radius 2 is 2.04 bits per heavy atom. The van der Waals surface area contributed by atoms with E-state index in [1.54, 1.807) is 0 Å². The molecule has 0 fully saturated rings. The van der Waals surface area contributed by atoms with Crippen LogP contribution in [0.15, 0.2) is 56.9 Å². The fourth-order valence-electron chi connectivity index (χ4n) is 3.72. The van der Waals surface area contributed by atoms with E-state index in [4.69, 9.17) is 4.42 Å². The molecule has 0 saturated heterocycles. The molecule has 7 heteroatoms. The Hall–Kier alpha value is -3.06. The molecule has 2 N–H and O–H groups in total. The van der Waals surface area contributed by atoms with Gasteiger partial charge in [-0.25, -0.2) is 4.98 Å². The molecule has 1 aliphatic carbocycles. The summed E-state index contributed by atoms with van der Waals surface area (Å²) in [5, 5.41) is 4.40. The Bertz CT molecular complexity index is 1240. The van der Waals surface area contributed by atoms with Crippen LogP contribution in [0.5, 0.6) is 0 Å². The van der Waals surface area contributed by atoms with Crippen molar-refractivity contribution in [2.45, 2.75) is 24.5 Å². The minimum atomic E-state index is -0.157. The minimum Gasteiger partial charge on any atom is -0.431 e. The first-order valence-corrected chi connectivity index (χ1v) is 10.1. The van der Waals surface area contributed by atoms with Crippen molar-refractivity contribution in [3.63, 3.8) is 0 Å². The summed E-state index contributed by atoms with van der Waals surface area (Å²) in [6.45, 7) is 0. The van der Waals surface area contributed by atoms with Gasteiger partial charge in [0.05, 0.1) is 11.3 Å². The van der Waals surface area contributed by atoms with Crippen molar-refractivity contribution in [3.05, 3.63) is 63.9 Å². The maximum atomic E-state index is 12.3. The molecule has 1 amide bonds. The molecular weight excluding hydrogens is 374 g/mol. The van der Waals surface area contributed by atoms with Crippen molar-refractivity contribution in [1.82, 2.24) is 9.97 Å². The molecule has 2 aromatic carbocycles. The summed E-state index contributed by atoms with van der Waals surface area (Å²) in [5.74, 6) is 0.0288. The first-order valence-electron chi connectivity index (χ1n) is 9.13. The predicted molar refractivity (Wildman–Crippen MR) is 110 cm³/mol. The number of amides is 1. The number of nitrogens with one attached hydrogen (secondary N) is 2. The van der Waals surface area contributed by atoms with Crippen molar-refractivity contribution >= 4 is 45.4 Å². The van der Waals surface area contributed by atoms with Crippen molar-refractivity contribution in [3.8, 4) is 0 Å². The van der Waals surface area contributed by atoms with E-state index in [0.717, 1.165) is 46.8 Å². The van der Waals surface area contributed by atoms with Gasteiger partial charge in [0.1, 0.15) is 5.52 Å². The van der Waals surface area contributed by atoms with Crippen LogP contribution in [-0.2, 0) is 17.6 Å². The number of oxazole rings is 1. The number of rotatable bonds is 4.